The molecule has 1 N–H and O–H groups in total. The van der Waals surface area contributed by atoms with Crippen molar-refractivity contribution in [2.24, 2.45) is 0 Å². The van der Waals surface area contributed by atoms with Gasteiger partial charge in [-0.15, -0.1) is 0 Å². The van der Waals surface area contributed by atoms with Crippen LogP contribution < -0.4 is 0 Å². The second kappa shape index (κ2) is 7.76. The first-order chi connectivity index (χ1) is 11.2. The van der Waals surface area contributed by atoms with E-state index in [1.165, 1.54) is 0 Å². The molecule has 7 heteroatoms. The molecule has 0 aliphatic heterocycles. The first-order valence-electron chi connectivity index (χ1n) is 9.00. The van der Waals surface area contributed by atoms with E-state index in [1.54, 1.807) is 6.92 Å². The van der Waals surface area contributed by atoms with E-state index in [-0.39, 0.29) is 33.7 Å². The third-order valence-electron chi connectivity index (χ3n) is 5.35. The molecule has 0 aromatic rings. The quantitative estimate of drug-likeness (QED) is 0.286. The Labute approximate surface area is 161 Å². The summed E-state index contributed by atoms with van der Waals surface area (Å²) >= 11 is 0. The maximum atomic E-state index is 12.6. The van der Waals surface area contributed by atoms with Gasteiger partial charge in [-0.2, -0.15) is 8.42 Å². The lowest BCUT2D eigenvalue weighted by Crippen LogP contribution is -2.68. The van der Waals surface area contributed by atoms with E-state index in [0.717, 1.165) is 0 Å². The molecule has 0 aromatic heterocycles. The Morgan fingerprint density at radius 1 is 1.00 bits per heavy atom. The van der Waals surface area contributed by atoms with Gasteiger partial charge < -0.3 is 4.74 Å². The molecule has 0 saturated heterocycles. The Balaban J connectivity index is 6.43. The van der Waals surface area contributed by atoms with Gasteiger partial charge in [-0.1, -0.05) is 68.9 Å². The minimum absolute atomic E-state index is 0.0624. The van der Waals surface area contributed by atoms with Crippen LogP contribution >= 0.6 is 0 Å². The highest BCUT2D eigenvalue weighted by molar-refractivity contribution is 7.88. The molecule has 0 bridgehead atoms. The molecule has 154 valence electrons. The fourth-order valence-electron chi connectivity index (χ4n) is 5.79. The second-order valence-corrected chi connectivity index (χ2v) is 19.1. The lowest BCUT2D eigenvalue weighted by Gasteiger charge is -2.62. The smallest absolute Gasteiger partial charge is 0.333 e. The van der Waals surface area contributed by atoms with Crippen molar-refractivity contribution in [3.8, 4) is 0 Å². The summed E-state index contributed by atoms with van der Waals surface area (Å²) in [6.07, 6.45) is 0.0793. The van der Waals surface area contributed by atoms with E-state index in [2.05, 4.69) is 68.9 Å². The maximum absolute atomic E-state index is 12.6. The lowest BCUT2D eigenvalue weighted by atomic mass is 10.2. The zero-order valence-corrected chi connectivity index (χ0v) is 20.0. The Kier molecular flexibility index (Phi) is 7.56. The van der Waals surface area contributed by atoms with Gasteiger partial charge in [0.15, 0.2) is 0 Å². The van der Waals surface area contributed by atoms with E-state index >= 15 is 0 Å². The normalized spacial score (nSPS) is 15.5. The fourth-order valence-corrected chi connectivity index (χ4v) is 21.4. The molecule has 0 spiro atoms. The number of hydrogen-bond acceptors (Lipinski definition) is 4. The molecule has 0 fully saturated rings. The van der Waals surface area contributed by atoms with Gasteiger partial charge in [-0.05, 0) is 28.5 Å². The predicted octanol–water partition coefficient (Wildman–Crippen LogP) is 5.14. The number of esters is 1. The van der Waals surface area contributed by atoms with Crippen LogP contribution in [0, 0.1) is 0 Å². The van der Waals surface area contributed by atoms with Gasteiger partial charge in [0.05, 0.1) is 19.6 Å². The predicted molar refractivity (Wildman–Crippen MR) is 111 cm³/mol. The summed E-state index contributed by atoms with van der Waals surface area (Å²) in [5.41, 5.74) is 0.263. The Bertz CT molecular complexity index is 594. The molecule has 0 heterocycles. The minimum atomic E-state index is -4.34. The van der Waals surface area contributed by atoms with Crippen LogP contribution in [0.5, 0.6) is 0 Å². The SMILES string of the molecule is C=C(C)C(=O)OCCC([Si](C(C)(C)C)(C(C)(C)C)C(C)(C)C)S(=O)(=O)O. The Morgan fingerprint density at radius 2 is 1.35 bits per heavy atom. The highest BCUT2D eigenvalue weighted by atomic mass is 32.2. The average molecular weight is 407 g/mol. The van der Waals surface area contributed by atoms with Crippen molar-refractivity contribution in [2.45, 2.75) is 95.6 Å². The lowest BCUT2D eigenvalue weighted by molar-refractivity contribution is -0.138. The van der Waals surface area contributed by atoms with Crippen molar-refractivity contribution in [2.75, 3.05) is 6.61 Å². The molecular formula is C19H38O5SSi. The van der Waals surface area contributed by atoms with Crippen LogP contribution in [-0.4, -0.2) is 38.5 Å². The molecule has 0 saturated carbocycles. The van der Waals surface area contributed by atoms with Gasteiger partial charge in [-0.25, -0.2) is 4.79 Å². The fraction of sp³-hybridized carbons (Fsp3) is 0.842. The summed E-state index contributed by atoms with van der Waals surface area (Å²) in [6.45, 7) is 23.6. The van der Waals surface area contributed by atoms with Crippen molar-refractivity contribution in [3.63, 3.8) is 0 Å². The third-order valence-corrected chi connectivity index (χ3v) is 16.6. The van der Waals surface area contributed by atoms with Crippen molar-refractivity contribution in [1.29, 1.82) is 0 Å². The molecule has 0 radical (unpaired) electrons. The van der Waals surface area contributed by atoms with Crippen LogP contribution in [-0.2, 0) is 19.6 Å². The summed E-state index contributed by atoms with van der Waals surface area (Å²) in [5, 5.41) is -0.951. The summed E-state index contributed by atoms with van der Waals surface area (Å²) in [5.74, 6) is -0.548. The van der Waals surface area contributed by atoms with Crippen LogP contribution in [0.25, 0.3) is 0 Å². The average Bonchev–Trinajstić information content (AvgIpc) is 2.30. The van der Waals surface area contributed by atoms with Gasteiger partial charge in [0, 0.05) is 5.57 Å². The van der Waals surface area contributed by atoms with Crippen LogP contribution in [0.4, 0.5) is 0 Å². The topological polar surface area (TPSA) is 80.7 Å². The summed E-state index contributed by atoms with van der Waals surface area (Å²) in [6, 6.07) is 0. The zero-order chi connectivity index (χ0) is 21.4. The van der Waals surface area contributed by atoms with E-state index in [9.17, 15) is 17.8 Å². The summed E-state index contributed by atoms with van der Waals surface area (Å²) < 4.78 is 40.5. The van der Waals surface area contributed by atoms with Crippen LogP contribution in [0.2, 0.25) is 15.1 Å². The Morgan fingerprint density at radius 3 is 1.58 bits per heavy atom. The molecule has 26 heavy (non-hydrogen) atoms. The van der Waals surface area contributed by atoms with Crippen LogP contribution in [0.15, 0.2) is 12.2 Å². The van der Waals surface area contributed by atoms with Crippen molar-refractivity contribution in [3.05, 3.63) is 12.2 Å². The first kappa shape index (κ1) is 25.3. The van der Waals surface area contributed by atoms with E-state index in [4.69, 9.17) is 4.74 Å². The van der Waals surface area contributed by atoms with Crippen molar-refractivity contribution >= 4 is 24.2 Å². The molecule has 1 unspecified atom stereocenters. The van der Waals surface area contributed by atoms with E-state index in [1.807, 2.05) is 0 Å². The first-order valence-corrected chi connectivity index (χ1v) is 12.6. The van der Waals surface area contributed by atoms with E-state index in [0.29, 0.717) is 0 Å². The number of carbonyl (C=O) groups excluding carboxylic acids is 1. The summed E-state index contributed by atoms with van der Waals surface area (Å²) in [4.78, 5) is 10.7. The Hall–Kier alpha value is -0.663. The van der Waals surface area contributed by atoms with Gasteiger partial charge in [0.2, 0.25) is 0 Å². The molecule has 0 aliphatic rings. The highest BCUT2D eigenvalue weighted by Crippen LogP contribution is 2.64. The highest BCUT2D eigenvalue weighted by Gasteiger charge is 2.66. The number of rotatable bonds is 6. The molecule has 0 rings (SSSR count). The van der Waals surface area contributed by atoms with Crippen LogP contribution in [0.3, 0.4) is 0 Å². The van der Waals surface area contributed by atoms with E-state index < -0.39 is 29.0 Å². The second-order valence-electron chi connectivity index (χ2n) is 10.3. The molecule has 0 aromatic carbocycles. The van der Waals surface area contributed by atoms with Gasteiger partial charge >= 0.3 is 5.97 Å². The van der Waals surface area contributed by atoms with Crippen molar-refractivity contribution in [1.82, 2.24) is 0 Å². The van der Waals surface area contributed by atoms with Crippen LogP contribution in [0.1, 0.15) is 75.7 Å². The van der Waals surface area contributed by atoms with Gasteiger partial charge in [0.25, 0.3) is 10.1 Å². The van der Waals surface area contributed by atoms with Gasteiger partial charge in [0.1, 0.15) is 0 Å². The molecule has 5 nitrogen and oxygen atoms in total. The molecule has 0 amide bonds. The number of hydrogen-bond donors (Lipinski definition) is 1. The van der Waals surface area contributed by atoms with Crippen molar-refractivity contribution < 1.29 is 22.5 Å². The molecule has 1 atom stereocenters. The largest absolute Gasteiger partial charge is 0.462 e. The molecular weight excluding hydrogens is 368 g/mol. The zero-order valence-electron chi connectivity index (χ0n) is 18.2. The van der Waals surface area contributed by atoms with Gasteiger partial charge in [-0.3, -0.25) is 4.55 Å². The standard InChI is InChI=1S/C19H38O5SSi/c1-14(2)16(20)24-13-12-15(25(21,22)23)26(17(3,4)5,18(6,7)8)19(9,10)11/h15H,1,12-13H2,2-11H3,(H,21,22,23). The summed E-state index contributed by atoms with van der Waals surface area (Å²) in [7, 11) is -7.16. The monoisotopic (exact) mass is 406 g/mol. The third kappa shape index (κ3) is 4.98. The number of ether oxygens (including phenoxy) is 1. The number of carbonyl (C=O) groups is 1. The molecule has 0 aliphatic carbocycles. The minimum Gasteiger partial charge on any atom is -0.462 e. The maximum Gasteiger partial charge on any atom is 0.333 e.